The molecule has 3 nitrogen and oxygen atoms in total. The highest BCUT2D eigenvalue weighted by Gasteiger charge is 2.14. The van der Waals surface area contributed by atoms with Gasteiger partial charge in [-0.15, -0.1) is 11.3 Å². The SMILES string of the molecule is c1csc(-c2[nH]ncc2CNCC2CSCCS2)c1. The van der Waals surface area contributed by atoms with Gasteiger partial charge in [-0.05, 0) is 11.4 Å². The molecule has 0 bridgehead atoms. The molecular weight excluding hydrogens is 294 g/mol. The van der Waals surface area contributed by atoms with Crippen molar-refractivity contribution in [3.05, 3.63) is 29.3 Å². The summed E-state index contributed by atoms with van der Waals surface area (Å²) in [5.74, 6) is 3.88. The van der Waals surface area contributed by atoms with Crippen LogP contribution in [0.4, 0.5) is 0 Å². The first-order valence-corrected chi connectivity index (χ1v) is 9.48. The number of hydrogen-bond donors (Lipinski definition) is 2. The van der Waals surface area contributed by atoms with Crippen molar-refractivity contribution in [2.75, 3.05) is 23.8 Å². The Bertz CT molecular complexity index is 489. The lowest BCUT2D eigenvalue weighted by molar-refractivity contribution is 0.687. The standard InChI is InChI=1S/C13H17N3S3/c1-2-12(19-3-1)13-10(7-15-16-13)6-14-8-11-9-17-4-5-18-11/h1-3,7,11,14H,4-6,8-9H2,(H,15,16). The van der Waals surface area contributed by atoms with Gasteiger partial charge in [0.25, 0.3) is 0 Å². The van der Waals surface area contributed by atoms with Crippen LogP contribution in [-0.2, 0) is 6.54 Å². The molecule has 2 N–H and O–H groups in total. The zero-order chi connectivity index (χ0) is 12.9. The molecule has 3 heterocycles. The molecule has 102 valence electrons. The number of hydrogen-bond acceptors (Lipinski definition) is 5. The maximum atomic E-state index is 4.18. The molecule has 3 rings (SSSR count). The van der Waals surface area contributed by atoms with Crippen LogP contribution in [0.2, 0.25) is 0 Å². The molecule has 1 aliphatic heterocycles. The Kier molecular flexibility index (Phi) is 4.87. The van der Waals surface area contributed by atoms with E-state index in [4.69, 9.17) is 0 Å². The lowest BCUT2D eigenvalue weighted by atomic mass is 10.2. The van der Waals surface area contributed by atoms with Gasteiger partial charge in [-0.25, -0.2) is 0 Å². The van der Waals surface area contributed by atoms with Gasteiger partial charge in [-0.1, -0.05) is 6.07 Å². The highest BCUT2D eigenvalue weighted by Crippen LogP contribution is 2.26. The second-order valence-electron chi connectivity index (χ2n) is 4.45. The molecule has 0 aliphatic carbocycles. The van der Waals surface area contributed by atoms with E-state index in [2.05, 4.69) is 56.6 Å². The van der Waals surface area contributed by atoms with Gasteiger partial charge in [0.05, 0.1) is 16.8 Å². The lowest BCUT2D eigenvalue weighted by Crippen LogP contribution is -2.28. The normalized spacial score (nSPS) is 19.7. The number of aromatic nitrogens is 2. The summed E-state index contributed by atoms with van der Waals surface area (Å²) in [6, 6.07) is 4.21. The van der Waals surface area contributed by atoms with Gasteiger partial charge in [0, 0.05) is 41.2 Å². The fraction of sp³-hybridized carbons (Fsp3) is 0.462. The number of aromatic amines is 1. The van der Waals surface area contributed by atoms with Crippen molar-refractivity contribution in [2.24, 2.45) is 0 Å². The van der Waals surface area contributed by atoms with E-state index >= 15 is 0 Å². The zero-order valence-corrected chi connectivity index (χ0v) is 13.0. The summed E-state index contributed by atoms with van der Waals surface area (Å²) >= 11 is 5.92. The molecule has 0 spiro atoms. The third kappa shape index (κ3) is 3.56. The Labute approximate surface area is 126 Å². The Morgan fingerprint density at radius 3 is 3.21 bits per heavy atom. The molecule has 6 heteroatoms. The van der Waals surface area contributed by atoms with Crippen molar-refractivity contribution < 1.29 is 0 Å². The number of nitrogens with one attached hydrogen (secondary N) is 2. The van der Waals surface area contributed by atoms with Gasteiger partial charge >= 0.3 is 0 Å². The molecule has 0 radical (unpaired) electrons. The van der Waals surface area contributed by atoms with E-state index in [9.17, 15) is 0 Å². The minimum Gasteiger partial charge on any atom is -0.311 e. The first-order chi connectivity index (χ1) is 9.43. The minimum absolute atomic E-state index is 0.760. The molecule has 0 aromatic carbocycles. The molecule has 2 aromatic heterocycles. The van der Waals surface area contributed by atoms with Gasteiger partial charge in [-0.2, -0.15) is 28.6 Å². The molecule has 19 heavy (non-hydrogen) atoms. The van der Waals surface area contributed by atoms with Crippen LogP contribution in [0.3, 0.4) is 0 Å². The highest BCUT2D eigenvalue weighted by atomic mass is 32.2. The van der Waals surface area contributed by atoms with E-state index < -0.39 is 0 Å². The van der Waals surface area contributed by atoms with E-state index in [1.54, 1.807) is 11.3 Å². The summed E-state index contributed by atoms with van der Waals surface area (Å²) in [6.07, 6.45) is 1.94. The molecule has 0 amide bonds. The van der Waals surface area contributed by atoms with Crippen LogP contribution in [0.15, 0.2) is 23.7 Å². The summed E-state index contributed by atoms with van der Waals surface area (Å²) in [5, 5.41) is 13.7. The third-order valence-corrected chi connectivity index (χ3v) is 6.79. The average Bonchev–Trinajstić information content (AvgIpc) is 3.10. The van der Waals surface area contributed by atoms with Crippen molar-refractivity contribution in [1.29, 1.82) is 0 Å². The number of nitrogens with zero attached hydrogens (tertiary/aromatic N) is 1. The number of thiophene rings is 1. The van der Waals surface area contributed by atoms with E-state index in [0.29, 0.717) is 0 Å². The minimum atomic E-state index is 0.760. The van der Waals surface area contributed by atoms with Crippen molar-refractivity contribution in [3.63, 3.8) is 0 Å². The summed E-state index contributed by atoms with van der Waals surface area (Å²) in [6.45, 7) is 1.98. The van der Waals surface area contributed by atoms with Crippen molar-refractivity contribution in [1.82, 2.24) is 15.5 Å². The van der Waals surface area contributed by atoms with Gasteiger partial charge in [0.15, 0.2) is 0 Å². The maximum absolute atomic E-state index is 4.18. The largest absolute Gasteiger partial charge is 0.311 e. The number of H-pyrrole nitrogens is 1. The third-order valence-electron chi connectivity index (χ3n) is 3.06. The predicted octanol–water partition coefficient (Wildman–Crippen LogP) is 3.08. The van der Waals surface area contributed by atoms with E-state index in [1.807, 2.05) is 6.20 Å². The Hall–Kier alpha value is -0.430. The molecule has 1 aliphatic rings. The van der Waals surface area contributed by atoms with E-state index in [-0.39, 0.29) is 0 Å². The number of rotatable bonds is 5. The van der Waals surface area contributed by atoms with Crippen molar-refractivity contribution >= 4 is 34.9 Å². The van der Waals surface area contributed by atoms with Crippen LogP contribution in [0.25, 0.3) is 10.6 Å². The van der Waals surface area contributed by atoms with Gasteiger partial charge in [0.1, 0.15) is 0 Å². The van der Waals surface area contributed by atoms with Crippen LogP contribution in [-0.4, -0.2) is 39.3 Å². The highest BCUT2D eigenvalue weighted by molar-refractivity contribution is 8.06. The molecule has 0 saturated carbocycles. The zero-order valence-electron chi connectivity index (χ0n) is 10.6. The van der Waals surface area contributed by atoms with Gasteiger partial charge < -0.3 is 5.32 Å². The second-order valence-corrected chi connectivity index (χ2v) is 7.95. The fourth-order valence-corrected chi connectivity index (χ4v) is 5.50. The molecular formula is C13H17N3S3. The maximum Gasteiger partial charge on any atom is 0.0794 e. The Morgan fingerprint density at radius 1 is 1.42 bits per heavy atom. The molecule has 1 unspecified atom stereocenters. The summed E-state index contributed by atoms with van der Waals surface area (Å²) in [5.41, 5.74) is 2.42. The first-order valence-electron chi connectivity index (χ1n) is 6.39. The molecule has 1 saturated heterocycles. The number of thioether (sulfide) groups is 2. The Balaban J connectivity index is 1.54. The summed E-state index contributed by atoms with van der Waals surface area (Å²) < 4.78 is 0. The predicted molar refractivity (Wildman–Crippen MR) is 87.2 cm³/mol. The molecule has 1 atom stereocenters. The van der Waals surface area contributed by atoms with Gasteiger partial charge in [0.2, 0.25) is 0 Å². The monoisotopic (exact) mass is 311 g/mol. The second kappa shape index (κ2) is 6.83. The van der Waals surface area contributed by atoms with Crippen LogP contribution < -0.4 is 5.32 Å². The molecule has 2 aromatic rings. The Morgan fingerprint density at radius 2 is 2.42 bits per heavy atom. The molecule has 1 fully saturated rings. The van der Waals surface area contributed by atoms with Crippen LogP contribution in [0.5, 0.6) is 0 Å². The van der Waals surface area contributed by atoms with E-state index in [1.165, 1.54) is 27.7 Å². The van der Waals surface area contributed by atoms with Crippen LogP contribution in [0, 0.1) is 0 Å². The van der Waals surface area contributed by atoms with Gasteiger partial charge in [-0.3, -0.25) is 5.10 Å². The quantitative estimate of drug-likeness (QED) is 0.890. The smallest absolute Gasteiger partial charge is 0.0794 e. The topological polar surface area (TPSA) is 40.7 Å². The fourth-order valence-electron chi connectivity index (χ4n) is 2.10. The summed E-state index contributed by atoms with van der Waals surface area (Å²) in [7, 11) is 0. The lowest BCUT2D eigenvalue weighted by Gasteiger charge is -2.21. The van der Waals surface area contributed by atoms with Crippen LogP contribution >= 0.6 is 34.9 Å². The summed E-state index contributed by atoms with van der Waals surface area (Å²) in [4.78, 5) is 1.26. The average molecular weight is 312 g/mol. The van der Waals surface area contributed by atoms with Crippen molar-refractivity contribution in [2.45, 2.75) is 11.8 Å². The van der Waals surface area contributed by atoms with E-state index in [0.717, 1.165) is 24.0 Å². The van der Waals surface area contributed by atoms with Crippen molar-refractivity contribution in [3.8, 4) is 10.6 Å². The van der Waals surface area contributed by atoms with Crippen LogP contribution in [0.1, 0.15) is 5.56 Å². The first kappa shape index (κ1) is 13.5.